The summed E-state index contributed by atoms with van der Waals surface area (Å²) >= 11 is 3.18. The Kier molecular flexibility index (Phi) is 5.68. The Hall–Kier alpha value is -1.95. The van der Waals surface area contributed by atoms with Gasteiger partial charge >= 0.3 is 0 Å². The van der Waals surface area contributed by atoms with E-state index in [4.69, 9.17) is 0 Å². The molecule has 2 aromatic rings. The number of nitrogens with zero attached hydrogens (tertiary/aromatic N) is 1. The number of nitrogens with one attached hydrogen (secondary N) is 2. The van der Waals surface area contributed by atoms with E-state index in [-0.39, 0.29) is 11.7 Å². The van der Waals surface area contributed by atoms with E-state index in [0.717, 1.165) is 18.7 Å². The average Bonchev–Trinajstić information content (AvgIpc) is 2.47. The van der Waals surface area contributed by atoms with E-state index in [9.17, 15) is 9.18 Å². The number of hydrogen-bond donors (Lipinski definition) is 2. The van der Waals surface area contributed by atoms with Crippen molar-refractivity contribution in [3.8, 4) is 0 Å². The summed E-state index contributed by atoms with van der Waals surface area (Å²) in [5.74, 6) is -0.592. The molecule has 0 atom stereocenters. The van der Waals surface area contributed by atoms with Crippen LogP contribution in [-0.2, 0) is 0 Å². The topological polar surface area (TPSA) is 54.0 Å². The molecule has 1 aromatic heterocycles. The van der Waals surface area contributed by atoms with Gasteiger partial charge in [0.25, 0.3) is 5.91 Å². The summed E-state index contributed by atoms with van der Waals surface area (Å²) in [5.41, 5.74) is 1.43. The van der Waals surface area contributed by atoms with E-state index in [1.807, 2.05) is 12.1 Å². The number of hydrogen-bond acceptors (Lipinski definition) is 3. The highest BCUT2D eigenvalue weighted by molar-refractivity contribution is 9.10. The van der Waals surface area contributed by atoms with Crippen molar-refractivity contribution in [2.75, 3.05) is 18.4 Å². The van der Waals surface area contributed by atoms with Crippen LogP contribution in [0.2, 0.25) is 0 Å². The van der Waals surface area contributed by atoms with E-state index in [1.54, 1.807) is 12.4 Å². The zero-order valence-corrected chi connectivity index (χ0v) is 12.9. The van der Waals surface area contributed by atoms with Crippen LogP contribution in [-0.4, -0.2) is 24.0 Å². The zero-order chi connectivity index (χ0) is 15.1. The van der Waals surface area contributed by atoms with Crippen molar-refractivity contribution in [1.82, 2.24) is 10.3 Å². The van der Waals surface area contributed by atoms with Gasteiger partial charge in [0.2, 0.25) is 0 Å². The first-order chi connectivity index (χ1) is 10.2. The molecule has 2 rings (SSSR count). The summed E-state index contributed by atoms with van der Waals surface area (Å²) in [6, 6.07) is 7.77. The molecule has 21 heavy (non-hydrogen) atoms. The summed E-state index contributed by atoms with van der Waals surface area (Å²) in [6.45, 7) is 1.29. The second-order valence-corrected chi connectivity index (χ2v) is 5.25. The molecule has 0 aliphatic rings. The molecule has 1 amide bonds. The quantitative estimate of drug-likeness (QED) is 0.785. The van der Waals surface area contributed by atoms with Crippen LogP contribution >= 0.6 is 15.9 Å². The van der Waals surface area contributed by atoms with Gasteiger partial charge in [0.05, 0.1) is 5.56 Å². The van der Waals surface area contributed by atoms with Crippen molar-refractivity contribution in [3.05, 3.63) is 58.6 Å². The lowest BCUT2D eigenvalue weighted by Crippen LogP contribution is -2.26. The summed E-state index contributed by atoms with van der Waals surface area (Å²) in [7, 11) is 0. The average molecular weight is 352 g/mol. The first-order valence-corrected chi connectivity index (χ1v) is 7.33. The van der Waals surface area contributed by atoms with Gasteiger partial charge in [0.15, 0.2) is 0 Å². The van der Waals surface area contributed by atoms with Crippen LogP contribution in [0.5, 0.6) is 0 Å². The van der Waals surface area contributed by atoms with Gasteiger partial charge < -0.3 is 10.6 Å². The minimum atomic E-state index is -0.375. The van der Waals surface area contributed by atoms with Crippen LogP contribution in [0.15, 0.2) is 47.2 Å². The van der Waals surface area contributed by atoms with Crippen molar-refractivity contribution >= 4 is 27.5 Å². The standard InChI is InChI=1S/C15H15BrFN3O/c16-14-10-11(17)2-3-13(14)15(21)20-7-1-6-19-12-4-8-18-9-5-12/h2-5,8-10H,1,6-7H2,(H,18,19)(H,20,21). The molecular formula is C15H15BrFN3O. The molecular weight excluding hydrogens is 337 g/mol. The van der Waals surface area contributed by atoms with Gasteiger partial charge in [0.1, 0.15) is 5.82 Å². The number of halogens is 2. The number of amides is 1. The van der Waals surface area contributed by atoms with Gasteiger partial charge in [-0.2, -0.15) is 0 Å². The van der Waals surface area contributed by atoms with Gasteiger partial charge in [-0.1, -0.05) is 0 Å². The number of pyridine rings is 1. The van der Waals surface area contributed by atoms with E-state index >= 15 is 0 Å². The summed E-state index contributed by atoms with van der Waals surface area (Å²) in [4.78, 5) is 15.9. The molecule has 2 N–H and O–H groups in total. The predicted molar refractivity (Wildman–Crippen MR) is 83.8 cm³/mol. The van der Waals surface area contributed by atoms with E-state index < -0.39 is 0 Å². The molecule has 0 unspecified atom stereocenters. The maximum atomic E-state index is 13.0. The zero-order valence-electron chi connectivity index (χ0n) is 11.3. The van der Waals surface area contributed by atoms with E-state index in [2.05, 4.69) is 31.5 Å². The summed E-state index contributed by atoms with van der Waals surface area (Å²) < 4.78 is 13.4. The highest BCUT2D eigenvalue weighted by Gasteiger charge is 2.09. The first kappa shape index (κ1) is 15.4. The summed E-state index contributed by atoms with van der Waals surface area (Å²) in [5, 5.41) is 6.03. The third-order valence-electron chi connectivity index (χ3n) is 2.82. The van der Waals surface area contributed by atoms with Crippen LogP contribution in [0.3, 0.4) is 0 Å². The van der Waals surface area contributed by atoms with Gasteiger partial charge in [-0.15, -0.1) is 0 Å². The Balaban J connectivity index is 1.72. The first-order valence-electron chi connectivity index (χ1n) is 6.54. The van der Waals surface area contributed by atoms with Gasteiger partial charge in [-0.25, -0.2) is 4.39 Å². The largest absolute Gasteiger partial charge is 0.385 e. The smallest absolute Gasteiger partial charge is 0.252 e. The molecule has 0 saturated carbocycles. The van der Waals surface area contributed by atoms with Crippen molar-refractivity contribution in [3.63, 3.8) is 0 Å². The molecule has 4 nitrogen and oxygen atoms in total. The van der Waals surface area contributed by atoms with Crippen LogP contribution < -0.4 is 10.6 Å². The molecule has 0 aliphatic heterocycles. The van der Waals surface area contributed by atoms with Gasteiger partial charge in [-0.05, 0) is 52.7 Å². The molecule has 0 aliphatic carbocycles. The van der Waals surface area contributed by atoms with E-state index in [0.29, 0.717) is 16.6 Å². The molecule has 0 fully saturated rings. The minimum absolute atomic E-state index is 0.217. The molecule has 110 valence electrons. The minimum Gasteiger partial charge on any atom is -0.385 e. The number of benzene rings is 1. The van der Waals surface area contributed by atoms with Crippen LogP contribution in [0.25, 0.3) is 0 Å². The van der Waals surface area contributed by atoms with Crippen molar-refractivity contribution in [2.24, 2.45) is 0 Å². The van der Waals surface area contributed by atoms with Crippen LogP contribution in [0, 0.1) is 5.82 Å². The molecule has 1 heterocycles. The van der Waals surface area contributed by atoms with Crippen molar-refractivity contribution in [2.45, 2.75) is 6.42 Å². The second kappa shape index (κ2) is 7.73. The molecule has 0 bridgehead atoms. The number of carbonyl (C=O) groups excluding carboxylic acids is 1. The number of carbonyl (C=O) groups is 1. The number of anilines is 1. The number of aromatic nitrogens is 1. The highest BCUT2D eigenvalue weighted by Crippen LogP contribution is 2.17. The fraction of sp³-hybridized carbons (Fsp3) is 0.200. The predicted octanol–water partition coefficient (Wildman–Crippen LogP) is 3.22. The Morgan fingerprint density at radius 2 is 1.95 bits per heavy atom. The maximum absolute atomic E-state index is 13.0. The normalized spacial score (nSPS) is 10.2. The molecule has 0 radical (unpaired) electrons. The molecule has 6 heteroatoms. The van der Waals surface area contributed by atoms with Crippen molar-refractivity contribution < 1.29 is 9.18 Å². The van der Waals surface area contributed by atoms with E-state index in [1.165, 1.54) is 18.2 Å². The Labute approximate surface area is 130 Å². The Morgan fingerprint density at radius 1 is 1.19 bits per heavy atom. The maximum Gasteiger partial charge on any atom is 0.252 e. The third kappa shape index (κ3) is 4.82. The lowest BCUT2D eigenvalue weighted by molar-refractivity contribution is 0.0953. The SMILES string of the molecule is O=C(NCCCNc1ccncc1)c1ccc(F)cc1Br. The molecule has 0 spiro atoms. The van der Waals surface area contributed by atoms with Gasteiger partial charge in [0, 0.05) is 35.6 Å². The fourth-order valence-electron chi connectivity index (χ4n) is 1.76. The van der Waals surface area contributed by atoms with Crippen LogP contribution in [0.4, 0.5) is 10.1 Å². The van der Waals surface area contributed by atoms with Crippen LogP contribution in [0.1, 0.15) is 16.8 Å². The molecule has 0 saturated heterocycles. The lowest BCUT2D eigenvalue weighted by Gasteiger charge is -2.08. The Morgan fingerprint density at radius 3 is 2.67 bits per heavy atom. The number of rotatable bonds is 6. The second-order valence-electron chi connectivity index (χ2n) is 4.40. The summed E-state index contributed by atoms with van der Waals surface area (Å²) in [6.07, 6.45) is 4.22. The Bertz CT molecular complexity index is 607. The lowest BCUT2D eigenvalue weighted by atomic mass is 10.2. The van der Waals surface area contributed by atoms with Crippen molar-refractivity contribution in [1.29, 1.82) is 0 Å². The third-order valence-corrected chi connectivity index (χ3v) is 3.48. The molecule has 1 aromatic carbocycles. The van der Waals surface area contributed by atoms with Gasteiger partial charge in [-0.3, -0.25) is 9.78 Å². The highest BCUT2D eigenvalue weighted by atomic mass is 79.9. The monoisotopic (exact) mass is 351 g/mol. The fourth-order valence-corrected chi connectivity index (χ4v) is 2.29.